The monoisotopic (exact) mass is 377 g/mol. The fourth-order valence-electron chi connectivity index (χ4n) is 3.79. The number of carbonyl (C=O) groups is 1. The van der Waals surface area contributed by atoms with Gasteiger partial charge >= 0.3 is 0 Å². The molecule has 7 heteroatoms. The van der Waals surface area contributed by atoms with E-state index in [1.165, 1.54) is 11.1 Å². The van der Waals surface area contributed by atoms with Gasteiger partial charge in [-0.25, -0.2) is 9.97 Å². The van der Waals surface area contributed by atoms with E-state index in [1.54, 1.807) is 18.1 Å². The highest BCUT2D eigenvalue weighted by molar-refractivity contribution is 8.04. The van der Waals surface area contributed by atoms with E-state index in [1.807, 2.05) is 23.4 Å². The number of rotatable bonds is 3. The van der Waals surface area contributed by atoms with Crippen LogP contribution in [-0.2, 0) is 17.6 Å². The average Bonchev–Trinajstić information content (AvgIpc) is 3.34. The van der Waals surface area contributed by atoms with Crippen LogP contribution in [0.3, 0.4) is 0 Å². The molecular weight excluding hydrogens is 358 g/mol. The first-order chi connectivity index (χ1) is 13.3. The summed E-state index contributed by atoms with van der Waals surface area (Å²) in [7, 11) is 0. The SMILES string of the molecule is O=C(NC1Cc2ccccc2C1)C1=CN(c2ncnc3[nH]ccc23)CCS1. The highest BCUT2D eigenvalue weighted by Crippen LogP contribution is 2.29. The molecule has 0 saturated carbocycles. The van der Waals surface area contributed by atoms with Crippen molar-refractivity contribution in [2.45, 2.75) is 18.9 Å². The van der Waals surface area contributed by atoms with Gasteiger partial charge in [-0.1, -0.05) is 24.3 Å². The van der Waals surface area contributed by atoms with Crippen LogP contribution in [0.4, 0.5) is 5.82 Å². The third kappa shape index (κ3) is 3.08. The number of anilines is 1. The van der Waals surface area contributed by atoms with Crippen LogP contribution < -0.4 is 10.2 Å². The lowest BCUT2D eigenvalue weighted by Gasteiger charge is -2.26. The van der Waals surface area contributed by atoms with Crippen LogP contribution in [0.1, 0.15) is 11.1 Å². The lowest BCUT2D eigenvalue weighted by molar-refractivity contribution is -0.117. The van der Waals surface area contributed by atoms with Gasteiger partial charge in [-0.05, 0) is 30.0 Å². The number of H-pyrrole nitrogens is 1. The van der Waals surface area contributed by atoms with Crippen molar-refractivity contribution in [1.82, 2.24) is 20.3 Å². The van der Waals surface area contributed by atoms with Gasteiger partial charge in [0, 0.05) is 30.7 Å². The number of nitrogens with zero attached hydrogens (tertiary/aromatic N) is 3. The van der Waals surface area contributed by atoms with Crippen LogP contribution in [0.2, 0.25) is 0 Å². The zero-order valence-corrected chi connectivity index (χ0v) is 15.5. The number of aromatic amines is 1. The molecule has 1 aromatic carbocycles. The van der Waals surface area contributed by atoms with Crippen molar-refractivity contribution in [1.29, 1.82) is 0 Å². The Bertz CT molecular complexity index is 1020. The molecule has 0 spiro atoms. The Labute approximate surface area is 161 Å². The summed E-state index contributed by atoms with van der Waals surface area (Å²) in [4.78, 5) is 27.4. The normalized spacial score (nSPS) is 17.0. The highest BCUT2D eigenvalue weighted by Gasteiger charge is 2.26. The Hall–Kier alpha value is -2.80. The Balaban J connectivity index is 1.34. The zero-order valence-electron chi connectivity index (χ0n) is 14.7. The lowest BCUT2D eigenvalue weighted by atomic mass is 10.1. The molecule has 1 amide bonds. The van der Waals surface area contributed by atoms with Crippen LogP contribution in [0.15, 0.2) is 54.0 Å². The van der Waals surface area contributed by atoms with Crippen LogP contribution >= 0.6 is 11.8 Å². The van der Waals surface area contributed by atoms with Crippen molar-refractivity contribution >= 4 is 34.5 Å². The topological polar surface area (TPSA) is 73.9 Å². The second-order valence-corrected chi connectivity index (χ2v) is 7.96. The standard InChI is InChI=1S/C20H19N5OS/c26-20(24-15-9-13-3-1-2-4-14(13)10-15)17-11-25(7-8-27-17)19-16-5-6-21-18(16)22-12-23-19/h1-6,11-12,15H,7-10H2,(H,24,26)(H,21,22,23). The Morgan fingerprint density at radius 1 is 1.19 bits per heavy atom. The molecular formula is C20H19N5OS. The summed E-state index contributed by atoms with van der Waals surface area (Å²) in [5, 5.41) is 4.17. The molecule has 3 aromatic rings. The fourth-order valence-corrected chi connectivity index (χ4v) is 4.69. The van der Waals surface area contributed by atoms with E-state index in [-0.39, 0.29) is 11.9 Å². The first kappa shape index (κ1) is 16.4. The molecule has 2 aliphatic rings. The van der Waals surface area contributed by atoms with Gasteiger partial charge in [0.25, 0.3) is 5.91 Å². The average molecular weight is 377 g/mol. The molecule has 27 heavy (non-hydrogen) atoms. The predicted molar refractivity (Wildman–Crippen MR) is 108 cm³/mol. The first-order valence-electron chi connectivity index (χ1n) is 9.05. The fraction of sp³-hybridized carbons (Fsp3) is 0.250. The van der Waals surface area contributed by atoms with Gasteiger partial charge in [0.2, 0.25) is 0 Å². The zero-order chi connectivity index (χ0) is 18.2. The smallest absolute Gasteiger partial charge is 0.259 e. The summed E-state index contributed by atoms with van der Waals surface area (Å²) in [6.45, 7) is 0.813. The summed E-state index contributed by atoms with van der Waals surface area (Å²) in [6.07, 6.45) is 7.13. The molecule has 1 aliphatic carbocycles. The van der Waals surface area contributed by atoms with Crippen LogP contribution in [-0.4, -0.2) is 39.2 Å². The molecule has 0 atom stereocenters. The maximum atomic E-state index is 12.8. The van der Waals surface area contributed by atoms with Gasteiger partial charge < -0.3 is 15.2 Å². The van der Waals surface area contributed by atoms with Crippen molar-refractivity contribution in [2.24, 2.45) is 0 Å². The summed E-state index contributed by atoms with van der Waals surface area (Å²) in [5.41, 5.74) is 3.48. The summed E-state index contributed by atoms with van der Waals surface area (Å²) < 4.78 is 0. The number of thioether (sulfide) groups is 1. The molecule has 6 nitrogen and oxygen atoms in total. The summed E-state index contributed by atoms with van der Waals surface area (Å²) >= 11 is 1.60. The van der Waals surface area contributed by atoms with Crippen molar-refractivity contribution in [2.75, 3.05) is 17.2 Å². The van der Waals surface area contributed by atoms with Crippen LogP contribution in [0.5, 0.6) is 0 Å². The van der Waals surface area contributed by atoms with Gasteiger partial charge in [0.05, 0.1) is 10.3 Å². The van der Waals surface area contributed by atoms with E-state index in [0.717, 1.165) is 46.9 Å². The van der Waals surface area contributed by atoms with Gasteiger partial charge in [-0.15, -0.1) is 11.8 Å². The number of benzene rings is 1. The third-order valence-electron chi connectivity index (χ3n) is 5.08. The molecule has 5 rings (SSSR count). The minimum atomic E-state index is 0.00174. The maximum absolute atomic E-state index is 12.8. The highest BCUT2D eigenvalue weighted by atomic mass is 32.2. The lowest BCUT2D eigenvalue weighted by Crippen LogP contribution is -2.37. The van der Waals surface area contributed by atoms with Crippen molar-refractivity contribution in [3.05, 3.63) is 65.1 Å². The number of amides is 1. The van der Waals surface area contributed by atoms with Gasteiger partial charge in [-0.3, -0.25) is 4.79 Å². The quantitative estimate of drug-likeness (QED) is 0.734. The number of nitrogens with one attached hydrogen (secondary N) is 2. The molecule has 1 aliphatic heterocycles. The molecule has 2 aromatic heterocycles. The summed E-state index contributed by atoms with van der Waals surface area (Å²) in [6, 6.07) is 10.6. The van der Waals surface area contributed by atoms with Crippen LogP contribution in [0.25, 0.3) is 11.0 Å². The molecule has 2 N–H and O–H groups in total. The van der Waals surface area contributed by atoms with Gasteiger partial charge in [0.1, 0.15) is 17.8 Å². The number of hydrogen-bond donors (Lipinski definition) is 2. The molecule has 0 saturated heterocycles. The molecule has 0 fully saturated rings. The molecule has 136 valence electrons. The van der Waals surface area contributed by atoms with Crippen molar-refractivity contribution in [3.8, 4) is 0 Å². The van der Waals surface area contributed by atoms with Crippen LogP contribution in [0, 0.1) is 0 Å². The van der Waals surface area contributed by atoms with Crippen molar-refractivity contribution < 1.29 is 4.79 Å². The van der Waals surface area contributed by atoms with E-state index in [4.69, 9.17) is 0 Å². The first-order valence-corrected chi connectivity index (χ1v) is 10.0. The van der Waals surface area contributed by atoms with Crippen molar-refractivity contribution in [3.63, 3.8) is 0 Å². The number of hydrogen-bond acceptors (Lipinski definition) is 5. The molecule has 0 radical (unpaired) electrons. The third-order valence-corrected chi connectivity index (χ3v) is 6.07. The molecule has 0 bridgehead atoms. The largest absolute Gasteiger partial charge is 0.348 e. The Morgan fingerprint density at radius 2 is 2.00 bits per heavy atom. The Kier molecular flexibility index (Phi) is 4.09. The Morgan fingerprint density at radius 3 is 2.81 bits per heavy atom. The molecule has 0 unspecified atom stereocenters. The van der Waals surface area contributed by atoms with Gasteiger partial charge in [-0.2, -0.15) is 0 Å². The summed E-state index contributed by atoms with van der Waals surface area (Å²) in [5.74, 6) is 1.68. The number of carbonyl (C=O) groups excluding carboxylic acids is 1. The second kappa shape index (κ2) is 6.74. The maximum Gasteiger partial charge on any atom is 0.259 e. The van der Waals surface area contributed by atoms with E-state index >= 15 is 0 Å². The minimum Gasteiger partial charge on any atom is -0.348 e. The number of fused-ring (bicyclic) bond motifs is 2. The number of aromatic nitrogens is 3. The second-order valence-electron chi connectivity index (χ2n) is 6.82. The van der Waals surface area contributed by atoms with Gasteiger partial charge in [0.15, 0.2) is 0 Å². The molecule has 3 heterocycles. The van der Waals surface area contributed by atoms with E-state index in [0.29, 0.717) is 0 Å². The predicted octanol–water partition coefficient (Wildman–Crippen LogP) is 2.64. The minimum absolute atomic E-state index is 0.00174. The van der Waals surface area contributed by atoms with E-state index in [2.05, 4.69) is 44.5 Å². The van der Waals surface area contributed by atoms with E-state index in [9.17, 15) is 4.79 Å². The van der Waals surface area contributed by atoms with E-state index < -0.39 is 0 Å².